The average Bonchev–Trinajstić information content (AvgIpc) is 3.28. The quantitative estimate of drug-likeness (QED) is 0.620. The van der Waals surface area contributed by atoms with Gasteiger partial charge in [0.05, 0.1) is 31.1 Å². The monoisotopic (exact) mass is 409 g/mol. The highest BCUT2D eigenvalue weighted by molar-refractivity contribution is 7.93. The molecular weight excluding hydrogens is 394 g/mol. The molecule has 3 rings (SSSR count). The number of carbonyl (C=O) groups excluding carboxylic acids is 2. The predicted molar refractivity (Wildman–Crippen MR) is 97.6 cm³/mol. The Morgan fingerprint density at radius 1 is 1.30 bits per heavy atom. The zero-order valence-electron chi connectivity index (χ0n) is 14.3. The molecule has 0 bridgehead atoms. The highest BCUT2D eigenvalue weighted by Gasteiger charge is 2.25. The van der Waals surface area contributed by atoms with E-state index < -0.39 is 22.0 Å². The van der Waals surface area contributed by atoms with E-state index in [2.05, 4.69) is 14.6 Å². The molecule has 9 nitrogen and oxygen atoms in total. The van der Waals surface area contributed by atoms with E-state index in [0.717, 1.165) is 11.3 Å². The summed E-state index contributed by atoms with van der Waals surface area (Å²) in [6, 6.07) is 4.26. The van der Waals surface area contributed by atoms with Gasteiger partial charge in [0.25, 0.3) is 10.0 Å². The predicted octanol–water partition coefficient (Wildman–Crippen LogP) is 2.16. The molecule has 0 amide bonds. The first-order valence-electron chi connectivity index (χ1n) is 7.70. The van der Waals surface area contributed by atoms with Crippen LogP contribution in [0.15, 0.2) is 40.9 Å². The van der Waals surface area contributed by atoms with E-state index in [1.807, 2.05) is 0 Å². The van der Waals surface area contributed by atoms with Crippen LogP contribution in [0.2, 0.25) is 0 Å². The molecule has 11 heteroatoms. The van der Waals surface area contributed by atoms with E-state index >= 15 is 0 Å². The number of hydrogen-bond acceptors (Lipinski definition) is 8. The number of hydrogen-bond donors (Lipinski definition) is 1. The Morgan fingerprint density at radius 3 is 2.78 bits per heavy atom. The number of ether oxygens (including phenoxy) is 2. The molecule has 3 aromatic heterocycles. The number of rotatable bonds is 6. The van der Waals surface area contributed by atoms with Crippen molar-refractivity contribution in [3.63, 3.8) is 0 Å². The molecule has 0 spiro atoms. The molecule has 0 aliphatic carbocycles. The third-order valence-corrected chi connectivity index (χ3v) is 6.01. The van der Waals surface area contributed by atoms with Crippen LogP contribution in [0.3, 0.4) is 0 Å². The van der Waals surface area contributed by atoms with Crippen molar-refractivity contribution in [3.8, 4) is 0 Å². The summed E-state index contributed by atoms with van der Waals surface area (Å²) in [5.41, 5.74) is 0.798. The second-order valence-electron chi connectivity index (χ2n) is 5.23. The molecule has 0 unspecified atom stereocenters. The molecular formula is C16H15N3O6S2. The van der Waals surface area contributed by atoms with Crippen LogP contribution in [-0.4, -0.2) is 43.7 Å². The Balaban J connectivity index is 1.97. The van der Waals surface area contributed by atoms with Crippen molar-refractivity contribution in [2.45, 2.75) is 11.8 Å². The summed E-state index contributed by atoms with van der Waals surface area (Å²) in [5.74, 6) is -1.29. The van der Waals surface area contributed by atoms with Gasteiger partial charge in [-0.1, -0.05) is 0 Å². The number of pyridine rings is 1. The summed E-state index contributed by atoms with van der Waals surface area (Å²) in [5, 5.41) is 5.52. The van der Waals surface area contributed by atoms with Gasteiger partial charge < -0.3 is 9.47 Å². The molecule has 3 aromatic rings. The Morgan fingerprint density at radius 2 is 2.07 bits per heavy atom. The van der Waals surface area contributed by atoms with E-state index in [1.165, 1.54) is 47.6 Å². The van der Waals surface area contributed by atoms with Gasteiger partial charge in [-0.3, -0.25) is 4.72 Å². The van der Waals surface area contributed by atoms with Crippen LogP contribution in [0.25, 0.3) is 5.52 Å². The highest BCUT2D eigenvalue weighted by atomic mass is 32.2. The van der Waals surface area contributed by atoms with Gasteiger partial charge in [0.15, 0.2) is 0 Å². The van der Waals surface area contributed by atoms with E-state index in [4.69, 9.17) is 4.74 Å². The number of sulfonamides is 1. The maximum Gasteiger partial charge on any atom is 0.349 e. The van der Waals surface area contributed by atoms with Crippen LogP contribution < -0.4 is 4.72 Å². The molecule has 0 aliphatic heterocycles. The highest BCUT2D eigenvalue weighted by Crippen LogP contribution is 2.26. The van der Waals surface area contributed by atoms with Crippen LogP contribution in [-0.2, 0) is 19.5 Å². The van der Waals surface area contributed by atoms with Gasteiger partial charge in [-0.25, -0.2) is 22.5 Å². The third kappa shape index (κ3) is 3.64. The fourth-order valence-corrected chi connectivity index (χ4v) is 4.76. The average molecular weight is 409 g/mol. The second-order valence-corrected chi connectivity index (χ2v) is 7.80. The number of nitrogens with one attached hydrogen (secondary N) is 1. The van der Waals surface area contributed by atoms with Crippen molar-refractivity contribution >= 4 is 44.5 Å². The second kappa shape index (κ2) is 7.37. The topological polar surface area (TPSA) is 116 Å². The minimum Gasteiger partial charge on any atom is -0.465 e. The van der Waals surface area contributed by atoms with Gasteiger partial charge in [0.1, 0.15) is 15.3 Å². The van der Waals surface area contributed by atoms with Crippen molar-refractivity contribution in [1.29, 1.82) is 0 Å². The lowest BCUT2D eigenvalue weighted by Crippen LogP contribution is -2.16. The number of esters is 2. The molecule has 142 valence electrons. The van der Waals surface area contributed by atoms with Gasteiger partial charge >= 0.3 is 11.9 Å². The van der Waals surface area contributed by atoms with Gasteiger partial charge in [-0.15, -0.1) is 11.3 Å². The SMILES string of the molecule is CCOC(=O)c1cnn2ccc(NS(=O)(=O)c3ccsc3C(=O)OC)cc12. The molecule has 27 heavy (non-hydrogen) atoms. The molecule has 0 saturated carbocycles. The summed E-state index contributed by atoms with van der Waals surface area (Å²) in [6.07, 6.45) is 2.85. The van der Waals surface area contributed by atoms with E-state index in [9.17, 15) is 18.0 Å². The van der Waals surface area contributed by atoms with Gasteiger partial charge in [-0.05, 0) is 30.5 Å². The van der Waals surface area contributed by atoms with E-state index in [1.54, 1.807) is 6.92 Å². The lowest BCUT2D eigenvalue weighted by molar-refractivity contribution is 0.0527. The fourth-order valence-electron chi connectivity index (χ4n) is 2.37. The zero-order valence-corrected chi connectivity index (χ0v) is 16.0. The van der Waals surface area contributed by atoms with Crippen LogP contribution in [0.4, 0.5) is 5.69 Å². The minimum absolute atomic E-state index is 0.0253. The smallest absolute Gasteiger partial charge is 0.349 e. The molecule has 0 atom stereocenters. The Kier molecular flexibility index (Phi) is 5.15. The summed E-state index contributed by atoms with van der Waals surface area (Å²) >= 11 is 0.966. The van der Waals surface area contributed by atoms with Crippen molar-refractivity contribution in [2.75, 3.05) is 18.4 Å². The molecule has 0 aromatic carbocycles. The molecule has 1 N–H and O–H groups in total. The van der Waals surface area contributed by atoms with Crippen LogP contribution in [0.1, 0.15) is 27.0 Å². The molecule has 0 radical (unpaired) electrons. The third-order valence-electron chi connectivity index (χ3n) is 3.56. The van der Waals surface area contributed by atoms with Crippen molar-refractivity contribution in [2.24, 2.45) is 0 Å². The Hall–Kier alpha value is -2.92. The van der Waals surface area contributed by atoms with Crippen LogP contribution in [0, 0.1) is 0 Å². The number of methoxy groups -OCH3 is 1. The summed E-state index contributed by atoms with van der Waals surface area (Å²) in [4.78, 5) is 23.5. The molecule has 0 saturated heterocycles. The maximum absolute atomic E-state index is 12.7. The lowest BCUT2D eigenvalue weighted by atomic mass is 10.2. The normalized spacial score (nSPS) is 11.3. The van der Waals surface area contributed by atoms with E-state index in [0.29, 0.717) is 5.52 Å². The van der Waals surface area contributed by atoms with Crippen LogP contribution in [0.5, 0.6) is 0 Å². The number of thiophene rings is 1. The summed E-state index contributed by atoms with van der Waals surface area (Å²) < 4.78 is 38.7. The van der Waals surface area contributed by atoms with Crippen LogP contribution >= 0.6 is 11.3 Å². The Bertz CT molecular complexity index is 1120. The molecule has 3 heterocycles. The first-order chi connectivity index (χ1) is 12.9. The number of fused-ring (bicyclic) bond motifs is 1. The standard InChI is InChI=1S/C16H15N3O6S2/c1-3-25-15(20)11-9-17-19-6-4-10(8-12(11)19)18-27(22,23)13-5-7-26-14(13)16(21)24-2/h4-9,18H,3H2,1-2H3. The summed E-state index contributed by atoms with van der Waals surface area (Å²) in [6.45, 7) is 1.89. The first kappa shape index (κ1) is 18.9. The fraction of sp³-hybridized carbons (Fsp3) is 0.188. The minimum atomic E-state index is -4.04. The number of aromatic nitrogens is 2. The Labute approximate surface area is 158 Å². The van der Waals surface area contributed by atoms with Gasteiger partial charge in [-0.2, -0.15) is 5.10 Å². The zero-order chi connectivity index (χ0) is 19.6. The maximum atomic E-state index is 12.7. The largest absolute Gasteiger partial charge is 0.465 e. The lowest BCUT2D eigenvalue weighted by Gasteiger charge is -2.09. The van der Waals surface area contributed by atoms with Crippen molar-refractivity contribution in [3.05, 3.63) is 46.4 Å². The number of carbonyl (C=O) groups is 2. The molecule has 0 aliphatic rings. The van der Waals surface area contributed by atoms with Gasteiger partial charge in [0, 0.05) is 6.20 Å². The molecule has 0 fully saturated rings. The van der Waals surface area contributed by atoms with Crippen molar-refractivity contribution < 1.29 is 27.5 Å². The van der Waals surface area contributed by atoms with Gasteiger partial charge in [0.2, 0.25) is 0 Å². The number of nitrogens with zero attached hydrogens (tertiary/aromatic N) is 2. The summed E-state index contributed by atoms with van der Waals surface area (Å²) in [7, 11) is -2.86. The van der Waals surface area contributed by atoms with E-state index in [-0.39, 0.29) is 27.6 Å². The van der Waals surface area contributed by atoms with Crippen molar-refractivity contribution in [1.82, 2.24) is 9.61 Å². The first-order valence-corrected chi connectivity index (χ1v) is 10.1. The number of anilines is 1.